The lowest BCUT2D eigenvalue weighted by atomic mass is 10.2. The maximum Gasteiger partial charge on any atom is 0.414 e. The summed E-state index contributed by atoms with van der Waals surface area (Å²) in [5.41, 5.74) is 0.889. The lowest BCUT2D eigenvalue weighted by molar-refractivity contribution is -0.708. The van der Waals surface area contributed by atoms with E-state index in [-0.39, 0.29) is 11.9 Å². The molecule has 1 aromatic heterocycles. The molecule has 6 nitrogen and oxygen atoms in total. The van der Waals surface area contributed by atoms with Crippen LogP contribution in [0, 0.1) is 0 Å². The van der Waals surface area contributed by atoms with E-state index in [1.54, 1.807) is 35.0 Å². The molecule has 0 amide bonds. The number of imidazole rings is 1. The third-order valence-corrected chi connectivity index (χ3v) is 4.36. The van der Waals surface area contributed by atoms with Crippen LogP contribution in [0.4, 0.5) is 14.6 Å². The molecule has 0 spiro atoms. The van der Waals surface area contributed by atoms with Crippen LogP contribution < -0.4 is 4.74 Å². The molecule has 0 aliphatic carbocycles. The minimum Gasteiger partial charge on any atom is -0.443 e. The van der Waals surface area contributed by atoms with Crippen LogP contribution in [-0.4, -0.2) is 44.2 Å². The number of alkyl halides is 2. The zero-order chi connectivity index (χ0) is 18.0. The van der Waals surface area contributed by atoms with Crippen molar-refractivity contribution in [3.8, 4) is 6.01 Å². The van der Waals surface area contributed by atoms with Crippen molar-refractivity contribution in [2.75, 3.05) is 6.61 Å². The van der Waals surface area contributed by atoms with Gasteiger partial charge in [0.05, 0.1) is 13.2 Å². The molecule has 1 aliphatic rings. The first-order chi connectivity index (χ1) is 11.8. The fourth-order valence-corrected chi connectivity index (χ4v) is 3.06. The Hall–Kier alpha value is -2.13. The number of rotatable bonds is 6. The molecule has 9 heteroatoms. The topological polar surface area (TPSA) is 59.5 Å². The van der Waals surface area contributed by atoms with Crippen LogP contribution in [0.15, 0.2) is 35.4 Å². The number of aromatic nitrogens is 2. The number of hydrogen-bond acceptors (Lipinski definition) is 5. The van der Waals surface area contributed by atoms with Crippen molar-refractivity contribution in [3.05, 3.63) is 36.0 Å². The molecule has 1 N–H and O–H groups in total. The van der Waals surface area contributed by atoms with Gasteiger partial charge in [0.2, 0.25) is 0 Å². The van der Waals surface area contributed by atoms with Gasteiger partial charge in [-0.25, -0.2) is 0 Å². The Kier molecular flexibility index (Phi) is 4.96. The third-order valence-electron chi connectivity index (χ3n) is 3.50. The number of hydrogen-bond donors (Lipinski definition) is 1. The zero-order valence-electron chi connectivity index (χ0n) is 13.6. The van der Waals surface area contributed by atoms with Gasteiger partial charge in [-0.15, -0.1) is 0 Å². The van der Waals surface area contributed by atoms with E-state index in [0.29, 0.717) is 47.2 Å². The minimum atomic E-state index is -2.79. The summed E-state index contributed by atoms with van der Waals surface area (Å²) >= 11 is 0.519. The quantitative estimate of drug-likeness (QED) is 0.278. The van der Waals surface area contributed by atoms with E-state index in [1.807, 2.05) is 0 Å². The van der Waals surface area contributed by atoms with E-state index in [1.165, 1.54) is 0 Å². The number of ether oxygens (including phenoxy) is 2. The average molecular weight is 370 g/mol. The Labute approximate surface area is 147 Å². The molecule has 25 heavy (non-hydrogen) atoms. The van der Waals surface area contributed by atoms with Gasteiger partial charge in [-0.2, -0.15) is 8.78 Å². The van der Waals surface area contributed by atoms with Crippen LogP contribution in [0.1, 0.15) is 12.5 Å². The number of benzene rings is 1. The molecule has 0 saturated carbocycles. The molecule has 1 atom stereocenters. The van der Waals surface area contributed by atoms with Crippen molar-refractivity contribution in [3.63, 3.8) is 0 Å². The number of halogens is 2. The molecular weight excluding hydrogens is 352 g/mol. The standard InChI is InChI=1S/C16H18F2N3O3S/c1-16(17,18)25-13-5-3-11(4-6-13)9-23-12-7-21-8-14(20(2)22)19-15(21)24-10-12/h3-6,8,12,22H,2,7,9-10H2,1H3/q+1. The fourth-order valence-electron chi connectivity index (χ4n) is 2.37. The fraction of sp³-hybridized carbons (Fsp3) is 0.375. The largest absolute Gasteiger partial charge is 0.443 e. The number of fused-ring (bicyclic) bond motifs is 1. The van der Waals surface area contributed by atoms with Crippen LogP contribution in [-0.2, 0) is 17.9 Å². The molecule has 0 fully saturated rings. The molecule has 1 aromatic carbocycles. The van der Waals surface area contributed by atoms with Gasteiger partial charge >= 0.3 is 11.8 Å². The zero-order valence-corrected chi connectivity index (χ0v) is 14.4. The van der Waals surface area contributed by atoms with E-state index in [9.17, 15) is 14.0 Å². The van der Waals surface area contributed by atoms with Gasteiger partial charge < -0.3 is 14.7 Å². The first-order valence-corrected chi connectivity index (χ1v) is 8.39. The SMILES string of the molecule is C=[N+](O)c1cn2c(n1)OCC(OCc1ccc(SC(C)(F)F)cc1)C2. The Morgan fingerprint density at radius 1 is 1.48 bits per heavy atom. The van der Waals surface area contributed by atoms with Crippen LogP contribution >= 0.6 is 11.8 Å². The van der Waals surface area contributed by atoms with Crippen molar-refractivity contribution in [1.29, 1.82) is 0 Å². The van der Waals surface area contributed by atoms with Crippen LogP contribution in [0.3, 0.4) is 0 Å². The molecule has 0 bridgehead atoms. The third kappa shape index (κ3) is 4.70. The van der Waals surface area contributed by atoms with E-state index in [2.05, 4.69) is 11.7 Å². The summed E-state index contributed by atoms with van der Waals surface area (Å²) in [6, 6.07) is 7.25. The normalized spacial score (nSPS) is 17.0. The predicted octanol–water partition coefficient (Wildman–Crippen LogP) is 3.30. The first-order valence-electron chi connectivity index (χ1n) is 7.57. The van der Waals surface area contributed by atoms with Crippen LogP contribution in [0.2, 0.25) is 0 Å². The van der Waals surface area contributed by atoms with Crippen LogP contribution in [0.5, 0.6) is 6.01 Å². The van der Waals surface area contributed by atoms with Gasteiger partial charge in [0, 0.05) is 16.8 Å². The van der Waals surface area contributed by atoms with Gasteiger partial charge in [-0.05, 0) is 17.7 Å². The van der Waals surface area contributed by atoms with Gasteiger partial charge in [0.15, 0.2) is 0 Å². The Balaban J connectivity index is 1.54. The maximum absolute atomic E-state index is 13.0. The van der Waals surface area contributed by atoms with Crippen LogP contribution in [0.25, 0.3) is 0 Å². The van der Waals surface area contributed by atoms with Crippen molar-refractivity contribution < 1.29 is 28.2 Å². The highest BCUT2D eigenvalue weighted by atomic mass is 32.2. The van der Waals surface area contributed by atoms with Gasteiger partial charge in [-0.3, -0.25) is 4.57 Å². The Morgan fingerprint density at radius 3 is 2.84 bits per heavy atom. The summed E-state index contributed by atoms with van der Waals surface area (Å²) in [5.74, 6) is 0.288. The molecule has 134 valence electrons. The molecule has 1 unspecified atom stereocenters. The summed E-state index contributed by atoms with van der Waals surface area (Å²) in [4.78, 5) is 4.59. The first kappa shape index (κ1) is 17.7. The second-order valence-electron chi connectivity index (χ2n) is 5.73. The van der Waals surface area contributed by atoms with E-state index in [4.69, 9.17) is 9.47 Å². The van der Waals surface area contributed by atoms with E-state index in [0.717, 1.165) is 12.5 Å². The molecule has 0 radical (unpaired) electrons. The highest BCUT2D eigenvalue weighted by molar-refractivity contribution is 8.00. The van der Waals surface area contributed by atoms with Crippen molar-refractivity contribution in [1.82, 2.24) is 9.55 Å². The lowest BCUT2D eigenvalue weighted by Crippen LogP contribution is -2.32. The summed E-state index contributed by atoms with van der Waals surface area (Å²) in [6.45, 7) is 5.45. The summed E-state index contributed by atoms with van der Waals surface area (Å²) in [5, 5.41) is 6.50. The minimum absolute atomic E-state index is 0.180. The molecule has 1 aliphatic heterocycles. The summed E-state index contributed by atoms with van der Waals surface area (Å²) in [6.07, 6.45) is 1.44. The molecule has 0 saturated heterocycles. The summed E-state index contributed by atoms with van der Waals surface area (Å²) < 4.78 is 39.7. The Bertz CT molecular complexity index is 759. The van der Waals surface area contributed by atoms with Gasteiger partial charge in [-0.1, -0.05) is 28.6 Å². The highest BCUT2D eigenvalue weighted by Crippen LogP contribution is 2.35. The monoisotopic (exact) mass is 370 g/mol. The molecule has 3 rings (SSSR count). The molecule has 2 aromatic rings. The smallest absolute Gasteiger partial charge is 0.414 e. The maximum atomic E-state index is 13.0. The molecular formula is C16H18F2N3O3S+. The van der Waals surface area contributed by atoms with Gasteiger partial charge in [0.1, 0.15) is 25.6 Å². The second kappa shape index (κ2) is 7.01. The van der Waals surface area contributed by atoms with Gasteiger partial charge in [0.25, 0.3) is 5.25 Å². The second-order valence-corrected chi connectivity index (χ2v) is 7.12. The van der Waals surface area contributed by atoms with E-state index >= 15 is 0 Å². The number of thioether (sulfide) groups is 1. The predicted molar refractivity (Wildman–Crippen MR) is 88.0 cm³/mol. The van der Waals surface area contributed by atoms with Crippen molar-refractivity contribution in [2.45, 2.75) is 36.3 Å². The lowest BCUT2D eigenvalue weighted by Gasteiger charge is -2.22. The summed E-state index contributed by atoms with van der Waals surface area (Å²) in [7, 11) is 0. The highest BCUT2D eigenvalue weighted by Gasteiger charge is 2.28. The average Bonchev–Trinajstić information content (AvgIpc) is 2.96. The van der Waals surface area contributed by atoms with Crippen molar-refractivity contribution in [2.24, 2.45) is 0 Å². The molecule has 2 heterocycles. The Morgan fingerprint density at radius 2 is 2.20 bits per heavy atom. The number of nitrogens with zero attached hydrogens (tertiary/aromatic N) is 3. The van der Waals surface area contributed by atoms with E-state index < -0.39 is 5.25 Å². The van der Waals surface area contributed by atoms with Crippen molar-refractivity contribution >= 4 is 24.3 Å².